The number of imide groups is 2. The molecule has 4 amide bonds. The topological polar surface area (TPSA) is 118 Å². The van der Waals surface area contributed by atoms with E-state index in [4.69, 9.17) is 19.1 Å². The molecular weight excluding hydrogens is 616 g/mol. The van der Waals surface area contributed by atoms with Crippen LogP contribution in [0.4, 0.5) is 9.59 Å². The lowest BCUT2D eigenvalue weighted by molar-refractivity contribution is -0.294. The molecule has 1 aliphatic carbocycles. The molecule has 0 radical (unpaired) electrons. The summed E-state index contributed by atoms with van der Waals surface area (Å²) in [5, 5.41) is 3.87. The maximum absolute atomic E-state index is 14.0. The second-order valence-corrected chi connectivity index (χ2v) is 19.3. The lowest BCUT2D eigenvalue weighted by Gasteiger charge is -2.59. The third kappa shape index (κ3) is 6.51. The lowest BCUT2D eigenvalue weighted by Crippen LogP contribution is -2.69. The van der Waals surface area contributed by atoms with Crippen molar-refractivity contribution in [2.75, 3.05) is 20.8 Å². The fourth-order valence-electron chi connectivity index (χ4n) is 11.8. The van der Waals surface area contributed by atoms with Crippen molar-refractivity contribution in [1.29, 1.82) is 0 Å². The van der Waals surface area contributed by atoms with Crippen molar-refractivity contribution < 1.29 is 38.3 Å². The number of ether oxygens (including phenoxy) is 2. The summed E-state index contributed by atoms with van der Waals surface area (Å²) in [7, 11) is 3.29. The van der Waals surface area contributed by atoms with Gasteiger partial charge < -0.3 is 19.1 Å². The molecule has 5 fully saturated rings. The van der Waals surface area contributed by atoms with E-state index in [1.165, 1.54) is 9.80 Å². The molecule has 0 aromatic rings. The molecule has 0 aromatic carbocycles. The molecule has 2 atom stereocenters. The van der Waals surface area contributed by atoms with Crippen molar-refractivity contribution in [1.82, 2.24) is 19.9 Å². The zero-order valence-electron chi connectivity index (χ0n) is 31.7. The zero-order valence-corrected chi connectivity index (χ0v) is 31.7. The molecule has 0 bridgehead atoms. The first-order chi connectivity index (χ1) is 21.7. The van der Waals surface area contributed by atoms with Gasteiger partial charge in [0.15, 0.2) is 0 Å². The van der Waals surface area contributed by atoms with Gasteiger partial charge in [0.1, 0.15) is 11.2 Å². The third-order valence-electron chi connectivity index (χ3n) is 11.5. The number of amides is 4. The van der Waals surface area contributed by atoms with Gasteiger partial charge in [0, 0.05) is 60.4 Å². The van der Waals surface area contributed by atoms with Crippen molar-refractivity contribution >= 4 is 24.0 Å². The summed E-state index contributed by atoms with van der Waals surface area (Å²) in [6.07, 6.45) is 2.57. The van der Waals surface area contributed by atoms with Crippen LogP contribution in [-0.4, -0.2) is 104 Å². The highest BCUT2D eigenvalue weighted by Crippen LogP contribution is 2.53. The van der Waals surface area contributed by atoms with E-state index >= 15 is 0 Å². The lowest BCUT2D eigenvalue weighted by atomic mass is 9.62. The number of carbonyl (C=O) groups excluding carboxylic acids is 4. The SMILES string of the molecule is CON1C(C)(C)CC2(CC(=O)N(CC3(C)CC(N4C(=O)CC5(CC(C)(C)N(OC)C(C)(C)C5)OC4=O)CC(C)(C)C3)C(=O)O2)CC1(C)C. The van der Waals surface area contributed by atoms with E-state index in [2.05, 4.69) is 13.8 Å². The van der Waals surface area contributed by atoms with Crippen LogP contribution < -0.4 is 0 Å². The highest BCUT2D eigenvalue weighted by Gasteiger charge is 2.61. The Kier molecular flexibility index (Phi) is 8.76. The maximum Gasteiger partial charge on any atom is 0.417 e. The molecule has 48 heavy (non-hydrogen) atoms. The van der Waals surface area contributed by atoms with E-state index in [1.54, 1.807) is 14.2 Å². The van der Waals surface area contributed by atoms with Crippen LogP contribution >= 0.6 is 0 Å². The van der Waals surface area contributed by atoms with Crippen LogP contribution in [0, 0.1) is 10.8 Å². The number of nitrogens with zero attached hydrogens (tertiary/aromatic N) is 4. The summed E-state index contributed by atoms with van der Waals surface area (Å²) in [6.45, 7) is 22.7. The molecule has 12 nitrogen and oxygen atoms in total. The molecule has 4 saturated heterocycles. The number of piperidine rings is 2. The largest absolute Gasteiger partial charge is 0.442 e. The van der Waals surface area contributed by atoms with E-state index in [0.717, 1.165) is 0 Å². The van der Waals surface area contributed by atoms with Gasteiger partial charge in [-0.05, 0) is 85.5 Å². The van der Waals surface area contributed by atoms with Crippen LogP contribution in [-0.2, 0) is 28.7 Å². The molecule has 12 heteroatoms. The van der Waals surface area contributed by atoms with Gasteiger partial charge in [0.2, 0.25) is 11.8 Å². The Balaban J connectivity index is 1.33. The summed E-state index contributed by atoms with van der Waals surface area (Å²) in [5.74, 6) is -0.496. The van der Waals surface area contributed by atoms with Crippen LogP contribution in [0.5, 0.6) is 0 Å². The summed E-state index contributed by atoms with van der Waals surface area (Å²) in [5.41, 5.74) is -4.55. The molecule has 5 rings (SSSR count). The van der Waals surface area contributed by atoms with Crippen LogP contribution in [0.2, 0.25) is 0 Å². The molecule has 0 aromatic heterocycles. The number of hydrogen-bond acceptors (Lipinski definition) is 10. The molecule has 0 N–H and O–H groups in total. The van der Waals surface area contributed by atoms with E-state index in [0.29, 0.717) is 44.9 Å². The van der Waals surface area contributed by atoms with Crippen LogP contribution in [0.15, 0.2) is 0 Å². The van der Waals surface area contributed by atoms with Gasteiger partial charge in [0.05, 0.1) is 27.1 Å². The first-order valence-electron chi connectivity index (χ1n) is 17.5. The number of hydrogen-bond donors (Lipinski definition) is 0. The predicted octanol–water partition coefficient (Wildman–Crippen LogP) is 6.22. The van der Waals surface area contributed by atoms with Crippen LogP contribution in [0.1, 0.15) is 134 Å². The summed E-state index contributed by atoms with van der Waals surface area (Å²) in [4.78, 5) is 69.5. The summed E-state index contributed by atoms with van der Waals surface area (Å²) in [6, 6.07) is -0.432. The zero-order chi connectivity index (χ0) is 36.1. The fraction of sp³-hybridized carbons (Fsp3) is 0.889. The quantitative estimate of drug-likeness (QED) is 0.332. The Bertz CT molecular complexity index is 1280. The molecule has 2 spiro atoms. The highest BCUT2D eigenvalue weighted by molar-refractivity contribution is 5.96. The van der Waals surface area contributed by atoms with E-state index in [9.17, 15) is 19.2 Å². The van der Waals surface area contributed by atoms with Crippen molar-refractivity contribution in [2.24, 2.45) is 10.8 Å². The van der Waals surface area contributed by atoms with Crippen molar-refractivity contribution in [3.05, 3.63) is 0 Å². The second kappa shape index (κ2) is 11.4. The van der Waals surface area contributed by atoms with E-state index in [-0.39, 0.29) is 36.6 Å². The number of hydroxylamine groups is 4. The Labute approximate surface area is 287 Å². The average Bonchev–Trinajstić information content (AvgIpc) is 2.81. The van der Waals surface area contributed by atoms with Gasteiger partial charge in [0.25, 0.3) is 0 Å². The Morgan fingerprint density at radius 1 is 0.604 bits per heavy atom. The van der Waals surface area contributed by atoms with Gasteiger partial charge >= 0.3 is 12.2 Å². The minimum absolute atomic E-state index is 0.0955. The molecule has 4 heterocycles. The second-order valence-electron chi connectivity index (χ2n) is 19.3. The maximum atomic E-state index is 14.0. The van der Waals surface area contributed by atoms with Crippen LogP contribution in [0.3, 0.4) is 0 Å². The van der Waals surface area contributed by atoms with Crippen molar-refractivity contribution in [3.8, 4) is 0 Å². The van der Waals surface area contributed by atoms with Crippen molar-refractivity contribution in [3.63, 3.8) is 0 Å². The predicted molar refractivity (Wildman–Crippen MR) is 178 cm³/mol. The van der Waals surface area contributed by atoms with Gasteiger partial charge in [-0.25, -0.2) is 19.4 Å². The molecule has 5 aliphatic rings. The summed E-state index contributed by atoms with van der Waals surface area (Å²) < 4.78 is 12.5. The summed E-state index contributed by atoms with van der Waals surface area (Å²) >= 11 is 0. The van der Waals surface area contributed by atoms with Gasteiger partial charge in [-0.15, -0.1) is 0 Å². The Morgan fingerprint density at radius 3 is 1.42 bits per heavy atom. The van der Waals surface area contributed by atoms with Gasteiger partial charge in [-0.3, -0.25) is 9.59 Å². The molecular formula is C36H60N4O8. The highest BCUT2D eigenvalue weighted by atomic mass is 16.7. The molecule has 4 aliphatic heterocycles. The van der Waals surface area contributed by atoms with E-state index in [1.807, 2.05) is 72.4 Å². The minimum Gasteiger partial charge on any atom is -0.442 e. The Morgan fingerprint density at radius 2 is 1.02 bits per heavy atom. The average molecular weight is 677 g/mol. The third-order valence-corrected chi connectivity index (χ3v) is 11.5. The van der Waals surface area contributed by atoms with Crippen LogP contribution in [0.25, 0.3) is 0 Å². The first kappa shape index (κ1) is 37.0. The van der Waals surface area contributed by atoms with E-state index < -0.39 is 57.0 Å². The monoisotopic (exact) mass is 676 g/mol. The standard InChI is InChI=1S/C36H60N4O8/c1-29(2)14-24(38-26(42)17-36(48-28(38)44)21-32(7,8)40(46-13)33(9,10)22-36)15-34(11,18-29)23-37-25(41)16-35(47-27(37)43)19-30(3,4)39(45-12)31(5,6)20-35/h24H,14-23H2,1-13H3. The smallest absolute Gasteiger partial charge is 0.417 e. The molecule has 2 unspecified atom stereocenters. The fourth-order valence-corrected chi connectivity index (χ4v) is 11.8. The number of rotatable bonds is 5. The van der Waals surface area contributed by atoms with Gasteiger partial charge in [-0.2, -0.15) is 10.1 Å². The Hall–Kier alpha value is -2.28. The van der Waals surface area contributed by atoms with Gasteiger partial charge in [-0.1, -0.05) is 20.8 Å². The van der Waals surface area contributed by atoms with Crippen molar-refractivity contribution in [2.45, 2.75) is 173 Å². The molecule has 1 saturated carbocycles. The normalized spacial score (nSPS) is 33.9. The minimum atomic E-state index is -0.928. The first-order valence-corrected chi connectivity index (χ1v) is 17.5. The number of carbonyl (C=O) groups is 4. The molecule has 272 valence electrons.